The van der Waals surface area contributed by atoms with E-state index in [1.54, 1.807) is 18.9 Å². The maximum atomic E-state index is 10.0. The molecule has 0 saturated carbocycles. The average molecular weight is 397 g/mol. The molecule has 0 radical (unpaired) electrons. The third-order valence-electron chi connectivity index (χ3n) is 4.80. The minimum atomic E-state index is -0.388. The maximum Gasteiger partial charge on any atom is 0.166 e. The monoisotopic (exact) mass is 396 g/mol. The van der Waals surface area contributed by atoms with E-state index in [0.717, 1.165) is 27.7 Å². The molecule has 1 saturated heterocycles. The van der Waals surface area contributed by atoms with Gasteiger partial charge in [0.05, 0.1) is 23.6 Å². The molecule has 0 amide bonds. The highest BCUT2D eigenvalue weighted by Gasteiger charge is 2.28. The zero-order valence-corrected chi connectivity index (χ0v) is 16.6. The first kappa shape index (κ1) is 19.2. The van der Waals surface area contributed by atoms with Crippen LogP contribution in [0.25, 0.3) is 22.5 Å². The number of imidazole rings is 1. The lowest BCUT2D eigenvalue weighted by Crippen LogP contribution is -2.37. The molecule has 28 heavy (non-hydrogen) atoms. The van der Waals surface area contributed by atoms with E-state index in [-0.39, 0.29) is 18.5 Å². The third kappa shape index (κ3) is 4.47. The predicted molar refractivity (Wildman–Crippen MR) is 111 cm³/mol. The largest absolute Gasteiger partial charge is 0.393 e. The quantitative estimate of drug-likeness (QED) is 0.607. The van der Waals surface area contributed by atoms with Gasteiger partial charge in [0.15, 0.2) is 11.4 Å². The zero-order valence-electron chi connectivity index (χ0n) is 15.7. The van der Waals surface area contributed by atoms with Crippen LogP contribution in [0.2, 0.25) is 0 Å². The summed E-state index contributed by atoms with van der Waals surface area (Å²) in [4.78, 5) is 8.33. The van der Waals surface area contributed by atoms with Crippen molar-refractivity contribution in [1.82, 2.24) is 9.97 Å². The topological polar surface area (TPSA) is 67.4 Å². The molecule has 4 rings (SSSR count). The minimum absolute atomic E-state index is 0.0656. The van der Waals surface area contributed by atoms with Crippen LogP contribution < -0.4 is 0 Å². The molecule has 2 heterocycles. The number of aromatic nitrogens is 2. The summed E-state index contributed by atoms with van der Waals surface area (Å²) in [6, 6.07) is 20.4. The molecule has 0 spiro atoms. The van der Waals surface area contributed by atoms with Crippen LogP contribution in [0.3, 0.4) is 0 Å². The summed E-state index contributed by atoms with van der Waals surface area (Å²) in [5.41, 5.74) is 4.13. The van der Waals surface area contributed by atoms with Crippen molar-refractivity contribution in [1.29, 1.82) is 0 Å². The lowest BCUT2D eigenvalue weighted by molar-refractivity contribution is -0.197. The van der Waals surface area contributed by atoms with Gasteiger partial charge in [-0.3, -0.25) is 0 Å². The third-order valence-corrected chi connectivity index (χ3v) is 5.81. The number of thioether (sulfide) groups is 1. The molecule has 1 fully saturated rings. The van der Waals surface area contributed by atoms with Gasteiger partial charge < -0.3 is 19.6 Å². The summed E-state index contributed by atoms with van der Waals surface area (Å²) in [7, 11) is 1.61. The molecule has 3 unspecified atom stereocenters. The summed E-state index contributed by atoms with van der Waals surface area (Å²) in [5, 5.41) is 10.9. The van der Waals surface area contributed by atoms with Crippen molar-refractivity contribution >= 4 is 11.8 Å². The first-order valence-corrected chi connectivity index (χ1v) is 10.4. The molecule has 2 aromatic carbocycles. The van der Waals surface area contributed by atoms with Crippen LogP contribution in [0.1, 0.15) is 12.8 Å². The molecule has 3 atom stereocenters. The number of ether oxygens (including phenoxy) is 2. The predicted octanol–water partition coefficient (Wildman–Crippen LogP) is 4.35. The van der Waals surface area contributed by atoms with Gasteiger partial charge in [-0.15, -0.1) is 0 Å². The van der Waals surface area contributed by atoms with E-state index in [1.807, 2.05) is 36.4 Å². The number of nitrogens with zero attached hydrogens (tertiary/aromatic N) is 1. The summed E-state index contributed by atoms with van der Waals surface area (Å²) in [5.74, 6) is 0.701. The van der Waals surface area contributed by atoms with Crippen molar-refractivity contribution in [3.8, 4) is 22.5 Å². The van der Waals surface area contributed by atoms with Crippen molar-refractivity contribution < 1.29 is 14.6 Å². The Balaban J connectivity index is 1.56. The highest BCUT2D eigenvalue weighted by molar-refractivity contribution is 7.99. The van der Waals surface area contributed by atoms with E-state index in [9.17, 15) is 5.11 Å². The molecule has 5 nitrogen and oxygen atoms in total. The van der Waals surface area contributed by atoms with Crippen LogP contribution in [0, 0.1) is 0 Å². The first-order valence-electron chi connectivity index (χ1n) is 9.43. The Morgan fingerprint density at radius 1 is 1.07 bits per heavy atom. The molecule has 0 bridgehead atoms. The standard InChI is InChI=1S/C22H24N2O3S/c1-26-19-13-17(25)12-18(27-19)14-28-22-23-20(15-8-4-2-5-9-15)21(24-22)16-10-6-3-7-11-16/h2-11,17-19,25H,12-14H2,1H3,(H,23,24). The number of aromatic amines is 1. The number of hydrogen-bond donors (Lipinski definition) is 2. The number of nitrogens with one attached hydrogen (secondary N) is 1. The van der Waals surface area contributed by atoms with Gasteiger partial charge in [0, 0.05) is 36.8 Å². The molecule has 1 aliphatic heterocycles. The average Bonchev–Trinajstić information content (AvgIpc) is 3.17. The summed E-state index contributed by atoms with van der Waals surface area (Å²) in [6.07, 6.45) is 0.342. The molecule has 3 aromatic rings. The normalized spacial score (nSPS) is 22.3. The SMILES string of the molecule is COC1CC(O)CC(CSc2nc(-c3ccccc3)c(-c3ccccc3)[nH]2)O1. The van der Waals surface area contributed by atoms with Gasteiger partial charge in [0.2, 0.25) is 0 Å². The molecule has 2 N–H and O–H groups in total. The molecule has 146 valence electrons. The van der Waals surface area contributed by atoms with Gasteiger partial charge in [-0.2, -0.15) is 0 Å². The smallest absolute Gasteiger partial charge is 0.166 e. The molecule has 1 aliphatic rings. The van der Waals surface area contributed by atoms with Crippen molar-refractivity contribution in [2.24, 2.45) is 0 Å². The number of aliphatic hydroxyl groups excluding tert-OH is 1. The summed E-state index contributed by atoms with van der Waals surface area (Å²) < 4.78 is 11.2. The van der Waals surface area contributed by atoms with Crippen molar-refractivity contribution in [3.05, 3.63) is 60.7 Å². The first-order chi connectivity index (χ1) is 13.7. The minimum Gasteiger partial charge on any atom is -0.393 e. The Hall–Kier alpha value is -2.12. The van der Waals surface area contributed by atoms with Crippen LogP contribution in [0.4, 0.5) is 0 Å². The second-order valence-electron chi connectivity index (χ2n) is 6.86. The molecular weight excluding hydrogens is 372 g/mol. The van der Waals surface area contributed by atoms with Crippen LogP contribution in [-0.2, 0) is 9.47 Å². The van der Waals surface area contributed by atoms with E-state index in [4.69, 9.17) is 14.5 Å². The highest BCUT2D eigenvalue weighted by atomic mass is 32.2. The van der Waals surface area contributed by atoms with Gasteiger partial charge in [-0.05, 0) is 0 Å². The van der Waals surface area contributed by atoms with E-state index in [2.05, 4.69) is 29.2 Å². The molecule has 0 aliphatic carbocycles. The molecule has 6 heteroatoms. The Morgan fingerprint density at radius 2 is 1.75 bits per heavy atom. The Labute approximate surface area is 169 Å². The number of hydrogen-bond acceptors (Lipinski definition) is 5. The van der Waals surface area contributed by atoms with Gasteiger partial charge in [0.1, 0.15) is 0 Å². The number of benzene rings is 2. The summed E-state index contributed by atoms with van der Waals surface area (Å²) >= 11 is 1.61. The van der Waals surface area contributed by atoms with Crippen LogP contribution in [0.15, 0.2) is 65.8 Å². The van der Waals surface area contributed by atoms with Gasteiger partial charge in [-0.25, -0.2) is 4.98 Å². The summed E-state index contributed by atoms with van der Waals surface area (Å²) in [6.45, 7) is 0. The van der Waals surface area contributed by atoms with Crippen LogP contribution in [0.5, 0.6) is 0 Å². The van der Waals surface area contributed by atoms with Gasteiger partial charge in [-0.1, -0.05) is 72.4 Å². The second kappa shape index (κ2) is 8.92. The van der Waals surface area contributed by atoms with Crippen molar-refractivity contribution in [2.75, 3.05) is 12.9 Å². The zero-order chi connectivity index (χ0) is 19.3. The lowest BCUT2D eigenvalue weighted by atomic mass is 10.1. The van der Waals surface area contributed by atoms with E-state index < -0.39 is 0 Å². The second-order valence-corrected chi connectivity index (χ2v) is 7.87. The van der Waals surface area contributed by atoms with Crippen molar-refractivity contribution in [2.45, 2.75) is 36.5 Å². The maximum absolute atomic E-state index is 10.0. The fourth-order valence-corrected chi connectivity index (χ4v) is 4.31. The Morgan fingerprint density at radius 3 is 2.43 bits per heavy atom. The Bertz CT molecular complexity index is 828. The molecular formula is C22H24N2O3S. The number of H-pyrrole nitrogens is 1. The number of aliphatic hydroxyl groups is 1. The van der Waals surface area contributed by atoms with Crippen LogP contribution in [-0.4, -0.2) is 46.4 Å². The number of rotatable bonds is 6. The fraction of sp³-hybridized carbons (Fsp3) is 0.318. The van der Waals surface area contributed by atoms with E-state index in [1.165, 1.54) is 0 Å². The lowest BCUT2D eigenvalue weighted by Gasteiger charge is -2.31. The van der Waals surface area contributed by atoms with E-state index in [0.29, 0.717) is 18.6 Å². The van der Waals surface area contributed by atoms with Crippen molar-refractivity contribution in [3.63, 3.8) is 0 Å². The Kier molecular flexibility index (Phi) is 6.12. The van der Waals surface area contributed by atoms with Gasteiger partial charge >= 0.3 is 0 Å². The van der Waals surface area contributed by atoms with Crippen LogP contribution >= 0.6 is 11.8 Å². The molecule has 1 aromatic heterocycles. The number of methoxy groups -OCH3 is 1. The van der Waals surface area contributed by atoms with E-state index >= 15 is 0 Å². The van der Waals surface area contributed by atoms with Gasteiger partial charge in [0.25, 0.3) is 0 Å². The fourth-order valence-electron chi connectivity index (χ4n) is 3.42. The highest BCUT2D eigenvalue weighted by Crippen LogP contribution is 2.33.